The number of benzene rings is 1. The lowest BCUT2D eigenvalue weighted by Crippen LogP contribution is -2.37. The lowest BCUT2D eigenvalue weighted by Gasteiger charge is -2.27. The highest BCUT2D eigenvalue weighted by Gasteiger charge is 2.32. The molecule has 27 heavy (non-hydrogen) atoms. The molecular weight excluding hydrogens is 346 g/mol. The maximum absolute atomic E-state index is 12.1. The van der Waals surface area contributed by atoms with Crippen molar-refractivity contribution >= 4 is 18.0 Å². The minimum absolute atomic E-state index is 0.0785. The molecule has 0 saturated heterocycles. The molecule has 0 aliphatic heterocycles. The normalized spacial score (nSPS) is 21.9. The molecule has 148 valence electrons. The van der Waals surface area contributed by atoms with Crippen molar-refractivity contribution in [3.63, 3.8) is 0 Å². The molecule has 3 N–H and O–H groups in total. The Morgan fingerprint density at radius 3 is 2.52 bits per heavy atom. The van der Waals surface area contributed by atoms with Crippen molar-refractivity contribution in [1.82, 2.24) is 5.32 Å². The van der Waals surface area contributed by atoms with Gasteiger partial charge in [-0.25, -0.2) is 4.79 Å². The van der Waals surface area contributed by atoms with E-state index in [1.807, 2.05) is 13.8 Å². The molecule has 0 radical (unpaired) electrons. The van der Waals surface area contributed by atoms with E-state index < -0.39 is 5.97 Å². The third kappa shape index (κ3) is 6.62. The standard InChI is InChI=1S/C19H23NO5.C2H6/c21-16-8-4-12(10-17(16)22)5-9-18(23)25-15-3-1-2-13(11-15)19(24)20-14-6-7-14;1-2/h4-5,8-10,13-15,21-22H,1-3,6-7,11H2,(H,20,24);1-2H3/b9-5+;. The second-order valence-corrected chi connectivity index (χ2v) is 6.79. The van der Waals surface area contributed by atoms with Gasteiger partial charge in [-0.15, -0.1) is 0 Å². The molecule has 0 bridgehead atoms. The summed E-state index contributed by atoms with van der Waals surface area (Å²) in [7, 11) is 0. The topological polar surface area (TPSA) is 95.9 Å². The van der Waals surface area contributed by atoms with Crippen molar-refractivity contribution in [2.75, 3.05) is 0 Å². The van der Waals surface area contributed by atoms with Crippen LogP contribution in [0.5, 0.6) is 11.5 Å². The van der Waals surface area contributed by atoms with Gasteiger partial charge in [0.15, 0.2) is 11.5 Å². The second-order valence-electron chi connectivity index (χ2n) is 6.79. The highest BCUT2D eigenvalue weighted by atomic mass is 16.5. The van der Waals surface area contributed by atoms with Gasteiger partial charge in [-0.3, -0.25) is 4.79 Å². The van der Waals surface area contributed by atoms with Crippen molar-refractivity contribution in [3.8, 4) is 11.5 Å². The molecule has 2 saturated carbocycles. The quantitative estimate of drug-likeness (QED) is 0.416. The Kier molecular flexibility index (Phi) is 7.70. The van der Waals surface area contributed by atoms with Crippen molar-refractivity contribution < 1.29 is 24.5 Å². The van der Waals surface area contributed by atoms with Crippen LogP contribution in [0.25, 0.3) is 6.08 Å². The molecule has 2 atom stereocenters. The van der Waals surface area contributed by atoms with Crippen molar-refractivity contribution in [1.29, 1.82) is 0 Å². The van der Waals surface area contributed by atoms with Gasteiger partial charge in [0.05, 0.1) is 0 Å². The Balaban J connectivity index is 0.00000126. The fourth-order valence-corrected chi connectivity index (χ4v) is 3.05. The third-order valence-electron chi connectivity index (χ3n) is 4.61. The van der Waals surface area contributed by atoms with Crippen LogP contribution in [0.15, 0.2) is 24.3 Å². The van der Waals surface area contributed by atoms with Crippen LogP contribution in [0.2, 0.25) is 0 Å². The number of rotatable bonds is 5. The summed E-state index contributed by atoms with van der Waals surface area (Å²) in [5.74, 6) is -0.922. The molecule has 3 rings (SSSR count). The first-order chi connectivity index (χ1) is 13.0. The molecule has 6 nitrogen and oxygen atoms in total. The van der Waals surface area contributed by atoms with Gasteiger partial charge < -0.3 is 20.3 Å². The van der Waals surface area contributed by atoms with E-state index >= 15 is 0 Å². The van der Waals surface area contributed by atoms with Crippen LogP contribution in [0.1, 0.15) is 57.9 Å². The van der Waals surface area contributed by atoms with Gasteiger partial charge in [-0.2, -0.15) is 0 Å². The zero-order valence-corrected chi connectivity index (χ0v) is 16.0. The molecule has 2 fully saturated rings. The number of phenolic OH excluding ortho intramolecular Hbond substituents is 2. The molecule has 1 amide bonds. The minimum atomic E-state index is -0.471. The van der Waals surface area contributed by atoms with Gasteiger partial charge in [-0.1, -0.05) is 19.9 Å². The molecule has 0 spiro atoms. The predicted octanol–water partition coefficient (Wildman–Crippen LogP) is 3.52. The maximum atomic E-state index is 12.1. The number of carbonyl (C=O) groups is 2. The van der Waals surface area contributed by atoms with Crippen LogP contribution in [-0.4, -0.2) is 34.2 Å². The average Bonchev–Trinajstić information content (AvgIpc) is 3.48. The van der Waals surface area contributed by atoms with Crippen LogP contribution in [0.4, 0.5) is 0 Å². The Bertz CT molecular complexity index is 681. The summed E-state index contributed by atoms with van der Waals surface area (Å²) < 4.78 is 5.45. The van der Waals surface area contributed by atoms with Gasteiger partial charge >= 0.3 is 5.97 Å². The Morgan fingerprint density at radius 1 is 1.11 bits per heavy atom. The molecule has 2 aliphatic rings. The summed E-state index contributed by atoms with van der Waals surface area (Å²) in [4.78, 5) is 24.1. The first-order valence-electron chi connectivity index (χ1n) is 9.72. The zero-order chi connectivity index (χ0) is 19.8. The number of carbonyl (C=O) groups excluding carboxylic acids is 2. The molecule has 6 heteroatoms. The number of hydrogen-bond acceptors (Lipinski definition) is 5. The van der Waals surface area contributed by atoms with E-state index in [0.717, 1.165) is 32.1 Å². The van der Waals surface area contributed by atoms with Crippen LogP contribution in [-0.2, 0) is 14.3 Å². The van der Waals surface area contributed by atoms with Crippen LogP contribution >= 0.6 is 0 Å². The van der Waals surface area contributed by atoms with E-state index in [-0.39, 0.29) is 29.4 Å². The number of nitrogens with one attached hydrogen (secondary N) is 1. The van der Waals surface area contributed by atoms with E-state index in [9.17, 15) is 19.8 Å². The van der Waals surface area contributed by atoms with Gasteiger partial charge in [0.1, 0.15) is 6.10 Å². The summed E-state index contributed by atoms with van der Waals surface area (Å²) in [6.45, 7) is 4.00. The largest absolute Gasteiger partial charge is 0.504 e. The predicted molar refractivity (Wildman–Crippen MR) is 103 cm³/mol. The van der Waals surface area contributed by atoms with E-state index in [0.29, 0.717) is 18.0 Å². The summed E-state index contributed by atoms with van der Waals surface area (Å²) in [6, 6.07) is 4.64. The van der Waals surface area contributed by atoms with Crippen LogP contribution in [0, 0.1) is 5.92 Å². The number of esters is 1. The second kappa shape index (κ2) is 10.00. The fraction of sp³-hybridized carbons (Fsp3) is 0.524. The molecule has 2 unspecified atom stereocenters. The van der Waals surface area contributed by atoms with E-state index in [1.54, 1.807) is 6.07 Å². The summed E-state index contributed by atoms with van der Waals surface area (Å²) in [5, 5.41) is 21.7. The third-order valence-corrected chi connectivity index (χ3v) is 4.61. The first-order valence-corrected chi connectivity index (χ1v) is 9.72. The number of phenols is 2. The van der Waals surface area contributed by atoms with E-state index in [2.05, 4.69) is 5.32 Å². The number of amides is 1. The maximum Gasteiger partial charge on any atom is 0.331 e. The van der Waals surface area contributed by atoms with Crippen LogP contribution < -0.4 is 5.32 Å². The molecular formula is C21H29NO5. The van der Waals surface area contributed by atoms with Crippen molar-refractivity contribution in [2.24, 2.45) is 5.92 Å². The lowest BCUT2D eigenvalue weighted by molar-refractivity contribution is -0.147. The number of hydrogen-bond donors (Lipinski definition) is 3. The van der Waals surface area contributed by atoms with Crippen molar-refractivity contribution in [2.45, 2.75) is 64.5 Å². The minimum Gasteiger partial charge on any atom is -0.504 e. The van der Waals surface area contributed by atoms with Gasteiger partial charge in [-0.05, 0) is 62.3 Å². The van der Waals surface area contributed by atoms with E-state index in [4.69, 9.17) is 4.74 Å². The average molecular weight is 375 g/mol. The lowest BCUT2D eigenvalue weighted by atomic mass is 9.86. The van der Waals surface area contributed by atoms with Crippen molar-refractivity contribution in [3.05, 3.63) is 29.8 Å². The Hall–Kier alpha value is -2.50. The summed E-state index contributed by atoms with van der Waals surface area (Å²) >= 11 is 0. The van der Waals surface area contributed by atoms with Gasteiger partial charge in [0.2, 0.25) is 5.91 Å². The van der Waals surface area contributed by atoms with Crippen LogP contribution in [0.3, 0.4) is 0 Å². The first kappa shape index (κ1) is 20.8. The summed E-state index contributed by atoms with van der Waals surface area (Å²) in [6.07, 6.45) is 7.75. The highest BCUT2D eigenvalue weighted by molar-refractivity contribution is 5.87. The molecule has 0 heterocycles. The monoisotopic (exact) mass is 375 g/mol. The SMILES string of the molecule is CC.O=C(/C=C/c1ccc(O)c(O)c1)OC1CCCC(C(=O)NC2CC2)C1. The Morgan fingerprint density at radius 2 is 1.85 bits per heavy atom. The molecule has 0 aromatic heterocycles. The summed E-state index contributed by atoms with van der Waals surface area (Å²) in [5.41, 5.74) is 0.581. The van der Waals surface area contributed by atoms with Gasteiger partial charge in [0, 0.05) is 18.0 Å². The number of ether oxygens (including phenoxy) is 1. The van der Waals surface area contributed by atoms with Gasteiger partial charge in [0.25, 0.3) is 0 Å². The van der Waals surface area contributed by atoms with E-state index in [1.165, 1.54) is 24.3 Å². The Labute approximate surface area is 160 Å². The fourth-order valence-electron chi connectivity index (χ4n) is 3.05. The zero-order valence-electron chi connectivity index (χ0n) is 16.0. The molecule has 1 aromatic carbocycles. The smallest absolute Gasteiger partial charge is 0.331 e. The molecule has 2 aliphatic carbocycles. The highest BCUT2D eigenvalue weighted by Crippen LogP contribution is 2.29. The molecule has 1 aromatic rings. The number of aromatic hydroxyl groups is 2.